The summed E-state index contributed by atoms with van der Waals surface area (Å²) in [6.07, 6.45) is 4.91. The lowest BCUT2D eigenvalue weighted by molar-refractivity contribution is 0.611. The largest absolute Gasteiger partial charge is 0.326 e. The lowest BCUT2D eigenvalue weighted by Gasteiger charge is -2.17. The minimum atomic E-state index is -0.218. The Morgan fingerprint density at radius 3 is 2.37 bits per heavy atom. The molecule has 2 aromatic carbocycles. The van der Waals surface area contributed by atoms with Crippen molar-refractivity contribution >= 4 is 0 Å². The van der Waals surface area contributed by atoms with E-state index in [1.54, 1.807) is 0 Å². The third-order valence-electron chi connectivity index (χ3n) is 3.95. The minimum Gasteiger partial charge on any atom is -0.326 e. The number of hydrogen-bond donors (Lipinski definition) is 1. The van der Waals surface area contributed by atoms with E-state index in [9.17, 15) is 4.39 Å². The summed E-state index contributed by atoms with van der Waals surface area (Å²) in [6, 6.07) is 11.8. The molecule has 98 valence electrons. The number of halogens is 1. The lowest BCUT2D eigenvalue weighted by Crippen LogP contribution is -2.03. The molecule has 0 saturated heterocycles. The highest BCUT2D eigenvalue weighted by Crippen LogP contribution is 2.28. The first-order chi connectivity index (χ1) is 9.28. The number of benzene rings is 2. The third-order valence-corrected chi connectivity index (χ3v) is 3.95. The summed E-state index contributed by atoms with van der Waals surface area (Å²) in [5, 5.41) is 0. The number of fused-ring (bicyclic) bond motifs is 1. The number of hydrogen-bond acceptors (Lipinski definition) is 1. The lowest BCUT2D eigenvalue weighted by atomic mass is 9.89. The van der Waals surface area contributed by atoms with Gasteiger partial charge >= 0.3 is 0 Å². The smallest absolute Gasteiger partial charge is 0.127 e. The second-order valence-electron chi connectivity index (χ2n) is 5.20. The summed E-state index contributed by atoms with van der Waals surface area (Å²) in [7, 11) is 0. The highest BCUT2D eigenvalue weighted by atomic mass is 19.1. The van der Waals surface area contributed by atoms with Gasteiger partial charge in [0.05, 0.1) is 0 Å². The van der Waals surface area contributed by atoms with E-state index >= 15 is 0 Å². The third kappa shape index (κ3) is 2.41. The van der Waals surface area contributed by atoms with Gasteiger partial charge in [0.1, 0.15) is 5.82 Å². The van der Waals surface area contributed by atoms with Gasteiger partial charge in [-0.2, -0.15) is 0 Å². The second-order valence-corrected chi connectivity index (χ2v) is 5.20. The molecule has 1 aliphatic rings. The van der Waals surface area contributed by atoms with Crippen LogP contribution < -0.4 is 5.73 Å². The van der Waals surface area contributed by atoms with Crippen LogP contribution >= 0.6 is 0 Å². The standard InChI is InChI=1S/C17H18FN/c18-17-8-7-15(10-16(17)11-19)14-6-5-12-3-1-2-4-13(12)9-14/h5-10H,1-4,11,19H2. The topological polar surface area (TPSA) is 26.0 Å². The molecular weight excluding hydrogens is 237 g/mol. The molecule has 2 aromatic rings. The van der Waals surface area contributed by atoms with Crippen LogP contribution in [0.2, 0.25) is 0 Å². The van der Waals surface area contributed by atoms with E-state index in [1.165, 1.54) is 36.5 Å². The number of aryl methyl sites for hydroxylation is 2. The van der Waals surface area contributed by atoms with Crippen molar-refractivity contribution in [3.8, 4) is 11.1 Å². The zero-order valence-corrected chi connectivity index (χ0v) is 11.0. The van der Waals surface area contributed by atoms with Crippen molar-refractivity contribution in [1.82, 2.24) is 0 Å². The maximum atomic E-state index is 13.5. The summed E-state index contributed by atoms with van der Waals surface area (Å²) >= 11 is 0. The fourth-order valence-corrected chi connectivity index (χ4v) is 2.82. The average molecular weight is 255 g/mol. The van der Waals surface area contributed by atoms with E-state index in [0.29, 0.717) is 5.56 Å². The van der Waals surface area contributed by atoms with Crippen LogP contribution in [0.15, 0.2) is 36.4 Å². The van der Waals surface area contributed by atoms with Crippen molar-refractivity contribution in [2.24, 2.45) is 5.73 Å². The van der Waals surface area contributed by atoms with E-state index < -0.39 is 0 Å². The Balaban J connectivity index is 2.02. The molecule has 0 heterocycles. The molecule has 3 rings (SSSR count). The van der Waals surface area contributed by atoms with Crippen LogP contribution in [0.3, 0.4) is 0 Å². The van der Waals surface area contributed by atoms with Crippen LogP contribution in [0.5, 0.6) is 0 Å². The zero-order chi connectivity index (χ0) is 13.2. The molecule has 0 bridgehead atoms. The van der Waals surface area contributed by atoms with E-state index in [4.69, 9.17) is 5.73 Å². The predicted octanol–water partition coefficient (Wildman–Crippen LogP) is 3.83. The van der Waals surface area contributed by atoms with Crippen LogP contribution in [0, 0.1) is 5.82 Å². The normalized spacial score (nSPS) is 14.2. The summed E-state index contributed by atoms with van der Waals surface area (Å²) in [5.41, 5.74) is 11.3. The number of rotatable bonds is 2. The summed E-state index contributed by atoms with van der Waals surface area (Å²) < 4.78 is 13.5. The molecule has 0 aliphatic heterocycles. The Labute approximate surface area is 113 Å². The van der Waals surface area contributed by atoms with Crippen molar-refractivity contribution in [3.63, 3.8) is 0 Å². The molecule has 2 N–H and O–H groups in total. The highest BCUT2D eigenvalue weighted by molar-refractivity contribution is 5.66. The molecule has 2 heteroatoms. The van der Waals surface area contributed by atoms with Crippen LogP contribution in [0.25, 0.3) is 11.1 Å². The molecular formula is C17H18FN. The second kappa shape index (κ2) is 5.14. The Morgan fingerprint density at radius 2 is 1.58 bits per heavy atom. The quantitative estimate of drug-likeness (QED) is 0.867. The minimum absolute atomic E-state index is 0.218. The molecule has 0 saturated carbocycles. The highest BCUT2D eigenvalue weighted by Gasteiger charge is 2.11. The maximum Gasteiger partial charge on any atom is 0.127 e. The molecule has 0 radical (unpaired) electrons. The van der Waals surface area contributed by atoms with Crippen molar-refractivity contribution < 1.29 is 4.39 Å². The Kier molecular flexibility index (Phi) is 3.34. The van der Waals surface area contributed by atoms with Gasteiger partial charge in [0, 0.05) is 12.1 Å². The van der Waals surface area contributed by atoms with E-state index in [1.807, 2.05) is 12.1 Å². The monoisotopic (exact) mass is 255 g/mol. The predicted molar refractivity (Wildman–Crippen MR) is 76.4 cm³/mol. The molecule has 1 nitrogen and oxygen atoms in total. The fraction of sp³-hybridized carbons (Fsp3) is 0.294. The van der Waals surface area contributed by atoms with Gasteiger partial charge < -0.3 is 5.73 Å². The average Bonchev–Trinajstić information content (AvgIpc) is 2.47. The maximum absolute atomic E-state index is 13.5. The molecule has 0 spiro atoms. The molecule has 19 heavy (non-hydrogen) atoms. The molecule has 0 unspecified atom stereocenters. The molecule has 0 aromatic heterocycles. The molecule has 0 atom stereocenters. The Morgan fingerprint density at radius 1 is 0.895 bits per heavy atom. The van der Waals surface area contributed by atoms with Crippen molar-refractivity contribution in [2.75, 3.05) is 0 Å². The summed E-state index contributed by atoms with van der Waals surface area (Å²) in [6.45, 7) is 0.241. The van der Waals surface area contributed by atoms with Crippen LogP contribution in [-0.2, 0) is 19.4 Å². The molecule has 0 fully saturated rings. The van der Waals surface area contributed by atoms with E-state index in [-0.39, 0.29) is 12.4 Å². The summed E-state index contributed by atoms with van der Waals surface area (Å²) in [5.74, 6) is -0.218. The Bertz CT molecular complexity index is 604. The van der Waals surface area contributed by atoms with Crippen LogP contribution in [-0.4, -0.2) is 0 Å². The van der Waals surface area contributed by atoms with Gasteiger partial charge in [0.15, 0.2) is 0 Å². The van der Waals surface area contributed by atoms with Crippen molar-refractivity contribution in [3.05, 3.63) is 58.9 Å². The van der Waals surface area contributed by atoms with Gasteiger partial charge in [-0.1, -0.05) is 24.3 Å². The van der Waals surface area contributed by atoms with Gasteiger partial charge in [0.2, 0.25) is 0 Å². The molecule has 1 aliphatic carbocycles. The van der Waals surface area contributed by atoms with Gasteiger partial charge in [-0.15, -0.1) is 0 Å². The molecule has 0 amide bonds. The van der Waals surface area contributed by atoms with Gasteiger partial charge in [-0.3, -0.25) is 0 Å². The first-order valence-electron chi connectivity index (χ1n) is 6.88. The van der Waals surface area contributed by atoms with E-state index in [0.717, 1.165) is 17.5 Å². The van der Waals surface area contributed by atoms with Gasteiger partial charge in [-0.25, -0.2) is 4.39 Å². The summed E-state index contributed by atoms with van der Waals surface area (Å²) in [4.78, 5) is 0. The first-order valence-corrected chi connectivity index (χ1v) is 6.88. The Hall–Kier alpha value is -1.67. The van der Waals surface area contributed by atoms with Crippen LogP contribution in [0.4, 0.5) is 4.39 Å². The zero-order valence-electron chi connectivity index (χ0n) is 11.0. The fourth-order valence-electron chi connectivity index (χ4n) is 2.82. The van der Waals surface area contributed by atoms with E-state index in [2.05, 4.69) is 18.2 Å². The van der Waals surface area contributed by atoms with Gasteiger partial charge in [-0.05, 0) is 60.1 Å². The SMILES string of the molecule is NCc1cc(-c2ccc3c(c2)CCCC3)ccc1F. The number of nitrogens with two attached hydrogens (primary N) is 1. The van der Waals surface area contributed by atoms with Crippen molar-refractivity contribution in [2.45, 2.75) is 32.2 Å². The van der Waals surface area contributed by atoms with Crippen LogP contribution in [0.1, 0.15) is 29.5 Å². The first kappa shape index (κ1) is 12.4. The van der Waals surface area contributed by atoms with Gasteiger partial charge in [0.25, 0.3) is 0 Å². The van der Waals surface area contributed by atoms with Crippen molar-refractivity contribution in [1.29, 1.82) is 0 Å².